The standard InChI is InChI=1S/C13H12F2N6O2S/c1-7-17-10(23-20-7)6-24-13-19-18-11(21(13)16)8-2-4-9(5-3-8)22-12(14)15/h2-5,12H,6,16H2,1H3. The summed E-state index contributed by atoms with van der Waals surface area (Å²) in [6, 6.07) is 5.95. The van der Waals surface area contributed by atoms with Crippen LogP contribution in [0.4, 0.5) is 8.78 Å². The Morgan fingerprint density at radius 2 is 2.04 bits per heavy atom. The van der Waals surface area contributed by atoms with Crippen LogP contribution in [0.25, 0.3) is 11.4 Å². The zero-order valence-electron chi connectivity index (χ0n) is 12.4. The fraction of sp³-hybridized carbons (Fsp3) is 0.231. The van der Waals surface area contributed by atoms with Crippen LogP contribution >= 0.6 is 11.8 Å². The Labute approximate surface area is 139 Å². The Morgan fingerprint density at radius 3 is 2.67 bits per heavy atom. The number of alkyl halides is 2. The van der Waals surface area contributed by atoms with Gasteiger partial charge in [-0.3, -0.25) is 0 Å². The summed E-state index contributed by atoms with van der Waals surface area (Å²) in [7, 11) is 0. The van der Waals surface area contributed by atoms with E-state index in [-0.39, 0.29) is 5.75 Å². The molecule has 0 radical (unpaired) electrons. The molecule has 11 heteroatoms. The van der Waals surface area contributed by atoms with Gasteiger partial charge in [-0.25, -0.2) is 4.68 Å². The van der Waals surface area contributed by atoms with Crippen LogP contribution in [0, 0.1) is 6.92 Å². The third-order valence-corrected chi connectivity index (χ3v) is 3.82. The van der Waals surface area contributed by atoms with Crippen molar-refractivity contribution in [2.45, 2.75) is 24.4 Å². The third-order valence-electron chi connectivity index (χ3n) is 2.90. The number of thioether (sulfide) groups is 1. The van der Waals surface area contributed by atoms with Crippen LogP contribution in [0.3, 0.4) is 0 Å². The quantitative estimate of drug-likeness (QED) is 0.531. The number of nitrogen functional groups attached to an aromatic ring is 1. The first-order valence-electron chi connectivity index (χ1n) is 6.70. The smallest absolute Gasteiger partial charge is 0.387 e. The minimum atomic E-state index is -2.87. The minimum absolute atomic E-state index is 0.0539. The zero-order chi connectivity index (χ0) is 17.1. The van der Waals surface area contributed by atoms with E-state index in [0.29, 0.717) is 34.0 Å². The monoisotopic (exact) mass is 354 g/mol. The van der Waals surface area contributed by atoms with Crippen LogP contribution in [0.5, 0.6) is 5.75 Å². The van der Waals surface area contributed by atoms with Crippen LogP contribution in [0.1, 0.15) is 11.7 Å². The molecular formula is C13H12F2N6O2S. The highest BCUT2D eigenvalue weighted by Crippen LogP contribution is 2.25. The van der Waals surface area contributed by atoms with E-state index in [1.54, 1.807) is 19.1 Å². The van der Waals surface area contributed by atoms with Crippen LogP contribution in [0.2, 0.25) is 0 Å². The molecule has 3 aromatic rings. The number of halogens is 2. The van der Waals surface area contributed by atoms with Crippen LogP contribution < -0.4 is 10.6 Å². The van der Waals surface area contributed by atoms with Gasteiger partial charge >= 0.3 is 6.61 Å². The lowest BCUT2D eigenvalue weighted by Gasteiger charge is -2.06. The van der Waals surface area contributed by atoms with E-state index in [1.807, 2.05) is 0 Å². The molecule has 2 heterocycles. The molecule has 8 nitrogen and oxygen atoms in total. The number of aromatic nitrogens is 5. The van der Waals surface area contributed by atoms with Gasteiger partial charge in [-0.1, -0.05) is 16.9 Å². The number of nitrogens with zero attached hydrogens (tertiary/aromatic N) is 5. The summed E-state index contributed by atoms with van der Waals surface area (Å²) in [5, 5.41) is 12.1. The predicted molar refractivity (Wildman–Crippen MR) is 80.8 cm³/mol. The maximum absolute atomic E-state index is 12.1. The van der Waals surface area contributed by atoms with Crippen molar-refractivity contribution in [1.29, 1.82) is 0 Å². The van der Waals surface area contributed by atoms with Crippen molar-refractivity contribution in [2.24, 2.45) is 0 Å². The molecule has 2 N–H and O–H groups in total. The number of aryl methyl sites for hydroxylation is 1. The second kappa shape index (κ2) is 6.83. The topological polar surface area (TPSA) is 105 Å². The average Bonchev–Trinajstić information content (AvgIpc) is 3.12. The fourth-order valence-corrected chi connectivity index (χ4v) is 2.58. The van der Waals surface area contributed by atoms with Crippen LogP contribution in [0.15, 0.2) is 33.9 Å². The Hall–Kier alpha value is -2.69. The lowest BCUT2D eigenvalue weighted by atomic mass is 10.2. The number of hydrogen-bond acceptors (Lipinski definition) is 8. The van der Waals surface area contributed by atoms with Gasteiger partial charge in [0.05, 0.1) is 5.75 Å². The van der Waals surface area contributed by atoms with Crippen LogP contribution in [-0.2, 0) is 5.75 Å². The Balaban J connectivity index is 1.72. The van der Waals surface area contributed by atoms with E-state index in [9.17, 15) is 8.78 Å². The summed E-state index contributed by atoms with van der Waals surface area (Å²) in [5.41, 5.74) is 0.618. The van der Waals surface area contributed by atoms with Crippen LogP contribution in [-0.4, -0.2) is 31.6 Å². The van der Waals surface area contributed by atoms with E-state index >= 15 is 0 Å². The highest BCUT2D eigenvalue weighted by Gasteiger charge is 2.14. The van der Waals surface area contributed by atoms with E-state index in [2.05, 4.69) is 25.1 Å². The van der Waals surface area contributed by atoms with E-state index in [4.69, 9.17) is 10.4 Å². The molecule has 126 valence electrons. The molecule has 0 bridgehead atoms. The van der Waals surface area contributed by atoms with Gasteiger partial charge in [0.2, 0.25) is 11.0 Å². The Bertz CT molecular complexity index is 820. The Kier molecular flexibility index (Phi) is 4.60. The SMILES string of the molecule is Cc1noc(CSc2nnc(-c3ccc(OC(F)F)cc3)n2N)n1. The first kappa shape index (κ1) is 16.2. The summed E-state index contributed by atoms with van der Waals surface area (Å²) in [6.45, 7) is -1.15. The van der Waals surface area contributed by atoms with Gasteiger partial charge < -0.3 is 15.1 Å². The molecule has 0 saturated heterocycles. The zero-order valence-corrected chi connectivity index (χ0v) is 13.2. The summed E-state index contributed by atoms with van der Waals surface area (Å²) in [4.78, 5) is 4.08. The molecule has 0 atom stereocenters. The maximum atomic E-state index is 12.1. The van der Waals surface area contributed by atoms with Gasteiger partial charge in [-0.2, -0.15) is 13.8 Å². The fourth-order valence-electron chi connectivity index (χ4n) is 1.88. The Morgan fingerprint density at radius 1 is 1.29 bits per heavy atom. The van der Waals surface area contributed by atoms with Crippen molar-refractivity contribution in [3.05, 3.63) is 36.0 Å². The minimum Gasteiger partial charge on any atom is -0.435 e. The highest BCUT2D eigenvalue weighted by atomic mass is 32.2. The van der Waals surface area contributed by atoms with Gasteiger partial charge in [0.15, 0.2) is 11.6 Å². The summed E-state index contributed by atoms with van der Waals surface area (Å²) in [6.07, 6.45) is 0. The number of ether oxygens (including phenoxy) is 1. The molecule has 0 fully saturated rings. The molecular weight excluding hydrogens is 342 g/mol. The second-order valence-electron chi connectivity index (χ2n) is 4.60. The van der Waals surface area contributed by atoms with Crippen molar-refractivity contribution < 1.29 is 18.0 Å². The molecule has 0 spiro atoms. The van der Waals surface area contributed by atoms with Gasteiger partial charge in [0, 0.05) is 5.56 Å². The predicted octanol–water partition coefficient (Wildman–Crippen LogP) is 2.24. The molecule has 0 saturated carbocycles. The third kappa shape index (κ3) is 3.62. The van der Waals surface area contributed by atoms with E-state index in [0.717, 1.165) is 0 Å². The first-order valence-corrected chi connectivity index (χ1v) is 7.69. The number of benzene rings is 1. The first-order chi connectivity index (χ1) is 11.5. The molecule has 0 aliphatic carbocycles. The highest BCUT2D eigenvalue weighted by molar-refractivity contribution is 7.98. The molecule has 0 amide bonds. The average molecular weight is 354 g/mol. The summed E-state index contributed by atoms with van der Waals surface area (Å²) >= 11 is 1.28. The molecule has 0 aliphatic heterocycles. The molecule has 0 aliphatic rings. The van der Waals surface area contributed by atoms with E-state index < -0.39 is 6.61 Å². The van der Waals surface area contributed by atoms with Crippen molar-refractivity contribution in [1.82, 2.24) is 25.0 Å². The molecule has 3 rings (SSSR count). The second-order valence-corrected chi connectivity index (χ2v) is 5.55. The van der Waals surface area contributed by atoms with Crippen molar-refractivity contribution in [3.63, 3.8) is 0 Å². The van der Waals surface area contributed by atoms with Gasteiger partial charge in [0.25, 0.3) is 0 Å². The van der Waals surface area contributed by atoms with Gasteiger partial charge in [0.1, 0.15) is 5.75 Å². The molecule has 24 heavy (non-hydrogen) atoms. The maximum Gasteiger partial charge on any atom is 0.387 e. The summed E-state index contributed by atoms with van der Waals surface area (Å²) < 4.78 is 34.9. The largest absolute Gasteiger partial charge is 0.435 e. The molecule has 2 aromatic heterocycles. The van der Waals surface area contributed by atoms with Crippen molar-refractivity contribution >= 4 is 11.8 Å². The normalized spacial score (nSPS) is 11.2. The van der Waals surface area contributed by atoms with Gasteiger partial charge in [-0.05, 0) is 31.2 Å². The molecule has 1 aromatic carbocycles. The van der Waals surface area contributed by atoms with Crippen molar-refractivity contribution in [2.75, 3.05) is 5.84 Å². The number of rotatable bonds is 6. The summed E-state index contributed by atoms with van der Waals surface area (Å²) in [5.74, 6) is 7.82. The number of hydrogen-bond donors (Lipinski definition) is 1. The number of nitrogens with two attached hydrogens (primary N) is 1. The molecule has 0 unspecified atom stereocenters. The van der Waals surface area contributed by atoms with Crippen molar-refractivity contribution in [3.8, 4) is 17.1 Å². The lowest BCUT2D eigenvalue weighted by molar-refractivity contribution is -0.0498. The van der Waals surface area contributed by atoms with Gasteiger partial charge in [-0.15, -0.1) is 10.2 Å². The lowest BCUT2D eigenvalue weighted by Crippen LogP contribution is -2.11. The van der Waals surface area contributed by atoms with E-state index in [1.165, 1.54) is 28.6 Å².